The Morgan fingerprint density at radius 1 is 1.22 bits per heavy atom. The molecule has 4 rings (SSSR count). The average molecular weight is 367 g/mol. The van der Waals surface area contributed by atoms with E-state index in [2.05, 4.69) is 25.6 Å². The van der Waals surface area contributed by atoms with Gasteiger partial charge in [-0.1, -0.05) is 0 Å². The van der Waals surface area contributed by atoms with Gasteiger partial charge in [-0.05, 0) is 56.3 Å². The standard InChI is InChI=1S/C21H29N5O/c1-24(13-18-6-8-22-9-7-18)16-20(27)25-11-2-3-19(15-25)21-23-10-12-26(21)14-17-4-5-17/h6-10,12,17,19H,2-5,11,13-16H2,1H3/t19-/m1/s1. The molecule has 1 amide bonds. The molecule has 2 aromatic rings. The van der Waals surface area contributed by atoms with Gasteiger partial charge in [-0.15, -0.1) is 0 Å². The van der Waals surface area contributed by atoms with Gasteiger partial charge in [0.2, 0.25) is 5.91 Å². The molecule has 3 heterocycles. The fraction of sp³-hybridized carbons (Fsp3) is 0.571. The first-order chi connectivity index (χ1) is 13.2. The summed E-state index contributed by atoms with van der Waals surface area (Å²) in [6, 6.07) is 4.00. The van der Waals surface area contributed by atoms with Crippen LogP contribution in [0.2, 0.25) is 0 Å². The number of amides is 1. The summed E-state index contributed by atoms with van der Waals surface area (Å²) >= 11 is 0. The molecule has 2 aliphatic rings. The molecule has 27 heavy (non-hydrogen) atoms. The van der Waals surface area contributed by atoms with Gasteiger partial charge in [0.15, 0.2) is 0 Å². The first kappa shape index (κ1) is 18.2. The van der Waals surface area contributed by atoms with Gasteiger partial charge in [-0.25, -0.2) is 4.98 Å². The summed E-state index contributed by atoms with van der Waals surface area (Å²) in [5.74, 6) is 2.59. The van der Waals surface area contributed by atoms with Crippen LogP contribution in [0.3, 0.4) is 0 Å². The Hall–Kier alpha value is -2.21. The minimum Gasteiger partial charge on any atom is -0.341 e. The van der Waals surface area contributed by atoms with Gasteiger partial charge in [-0.3, -0.25) is 14.7 Å². The van der Waals surface area contributed by atoms with E-state index in [1.54, 1.807) is 12.4 Å². The molecular weight excluding hydrogens is 338 g/mol. The first-order valence-electron chi connectivity index (χ1n) is 10.1. The predicted molar refractivity (Wildman–Crippen MR) is 104 cm³/mol. The molecule has 1 aliphatic heterocycles. The number of hydrogen-bond acceptors (Lipinski definition) is 4. The molecule has 0 unspecified atom stereocenters. The molecule has 0 spiro atoms. The summed E-state index contributed by atoms with van der Waals surface area (Å²) in [5, 5.41) is 0. The van der Waals surface area contributed by atoms with E-state index in [9.17, 15) is 4.79 Å². The van der Waals surface area contributed by atoms with Crippen LogP contribution in [0.1, 0.15) is 43.0 Å². The van der Waals surface area contributed by atoms with Crippen LogP contribution in [-0.2, 0) is 17.9 Å². The van der Waals surface area contributed by atoms with Crippen molar-refractivity contribution in [2.45, 2.75) is 44.7 Å². The average Bonchev–Trinajstić information content (AvgIpc) is 3.37. The van der Waals surface area contributed by atoms with Crippen LogP contribution in [0, 0.1) is 5.92 Å². The third-order valence-corrected chi connectivity index (χ3v) is 5.65. The predicted octanol–water partition coefficient (Wildman–Crippen LogP) is 2.53. The van der Waals surface area contributed by atoms with E-state index in [-0.39, 0.29) is 5.91 Å². The van der Waals surface area contributed by atoms with E-state index in [0.717, 1.165) is 44.9 Å². The Balaban J connectivity index is 1.33. The lowest BCUT2D eigenvalue weighted by molar-refractivity contribution is -0.133. The van der Waals surface area contributed by atoms with Gasteiger partial charge in [0.25, 0.3) is 0 Å². The number of likely N-dealkylation sites (tertiary alicyclic amines) is 1. The maximum Gasteiger partial charge on any atom is 0.236 e. The quantitative estimate of drug-likeness (QED) is 0.755. The summed E-state index contributed by atoms with van der Waals surface area (Å²) in [7, 11) is 2.00. The smallest absolute Gasteiger partial charge is 0.236 e. The number of aromatic nitrogens is 3. The highest BCUT2D eigenvalue weighted by atomic mass is 16.2. The maximum atomic E-state index is 12.8. The fourth-order valence-electron chi connectivity index (χ4n) is 4.01. The molecule has 1 aliphatic carbocycles. The van der Waals surface area contributed by atoms with Crippen LogP contribution in [0.15, 0.2) is 36.9 Å². The van der Waals surface area contributed by atoms with Crippen molar-refractivity contribution in [3.05, 3.63) is 48.3 Å². The maximum absolute atomic E-state index is 12.8. The first-order valence-corrected chi connectivity index (χ1v) is 10.1. The summed E-state index contributed by atoms with van der Waals surface area (Å²) in [6.07, 6.45) is 12.5. The van der Waals surface area contributed by atoms with E-state index < -0.39 is 0 Å². The fourth-order valence-corrected chi connectivity index (χ4v) is 4.01. The molecule has 6 heteroatoms. The molecule has 0 bridgehead atoms. The summed E-state index contributed by atoms with van der Waals surface area (Å²) in [5.41, 5.74) is 1.18. The molecule has 1 atom stereocenters. The number of carbonyl (C=O) groups excluding carboxylic acids is 1. The zero-order valence-corrected chi connectivity index (χ0v) is 16.1. The monoisotopic (exact) mass is 367 g/mol. The molecule has 0 radical (unpaired) electrons. The highest BCUT2D eigenvalue weighted by Crippen LogP contribution is 2.33. The lowest BCUT2D eigenvalue weighted by Crippen LogP contribution is -2.44. The van der Waals surface area contributed by atoms with Crippen molar-refractivity contribution in [3.8, 4) is 0 Å². The second kappa shape index (κ2) is 8.21. The van der Waals surface area contributed by atoms with Crippen LogP contribution in [0.25, 0.3) is 0 Å². The Bertz CT molecular complexity index is 755. The normalized spacial score (nSPS) is 20.2. The molecule has 2 aromatic heterocycles. The number of rotatable bonds is 7. The van der Waals surface area contributed by atoms with Gasteiger partial charge in [-0.2, -0.15) is 0 Å². The zero-order chi connectivity index (χ0) is 18.6. The summed E-state index contributed by atoms with van der Waals surface area (Å²) in [4.78, 5) is 25.6. The minimum absolute atomic E-state index is 0.219. The van der Waals surface area contributed by atoms with E-state index >= 15 is 0 Å². The Labute approximate surface area is 161 Å². The van der Waals surface area contributed by atoms with Crippen molar-refractivity contribution in [3.63, 3.8) is 0 Å². The van der Waals surface area contributed by atoms with Gasteiger partial charge in [0, 0.05) is 56.9 Å². The molecule has 1 saturated carbocycles. The second-order valence-corrected chi connectivity index (χ2v) is 8.09. The highest BCUT2D eigenvalue weighted by Gasteiger charge is 2.29. The molecule has 0 N–H and O–H groups in total. The van der Waals surface area contributed by atoms with Crippen molar-refractivity contribution in [2.24, 2.45) is 5.92 Å². The summed E-state index contributed by atoms with van der Waals surface area (Å²) in [6.45, 7) is 3.96. The lowest BCUT2D eigenvalue weighted by atomic mass is 9.97. The number of piperidine rings is 1. The molecule has 1 saturated heterocycles. The lowest BCUT2D eigenvalue weighted by Gasteiger charge is -2.33. The molecule has 144 valence electrons. The molecule has 2 fully saturated rings. The van der Waals surface area contributed by atoms with Crippen molar-refractivity contribution in [2.75, 3.05) is 26.7 Å². The van der Waals surface area contributed by atoms with Crippen molar-refractivity contribution in [1.29, 1.82) is 0 Å². The number of likely N-dealkylation sites (N-methyl/N-ethyl adjacent to an activating group) is 1. The van der Waals surface area contributed by atoms with Crippen molar-refractivity contribution in [1.82, 2.24) is 24.3 Å². The van der Waals surface area contributed by atoms with E-state index in [1.165, 1.54) is 24.2 Å². The molecule has 6 nitrogen and oxygen atoms in total. The SMILES string of the molecule is CN(CC(=O)N1CCC[C@@H](c2nccn2CC2CC2)C1)Cc1ccncc1. The summed E-state index contributed by atoms with van der Waals surface area (Å²) < 4.78 is 2.33. The highest BCUT2D eigenvalue weighted by molar-refractivity contribution is 5.78. The molecular formula is C21H29N5O. The van der Waals surface area contributed by atoms with Crippen LogP contribution in [0.5, 0.6) is 0 Å². The number of carbonyl (C=O) groups is 1. The van der Waals surface area contributed by atoms with Gasteiger partial charge >= 0.3 is 0 Å². The van der Waals surface area contributed by atoms with Gasteiger partial charge in [0.1, 0.15) is 5.82 Å². The molecule has 0 aromatic carbocycles. The minimum atomic E-state index is 0.219. The third kappa shape index (κ3) is 4.75. The number of imidazole rings is 1. The van der Waals surface area contributed by atoms with E-state index in [1.807, 2.05) is 30.3 Å². The Morgan fingerprint density at radius 2 is 2.04 bits per heavy atom. The Morgan fingerprint density at radius 3 is 2.81 bits per heavy atom. The topological polar surface area (TPSA) is 54.3 Å². The number of pyridine rings is 1. The Kier molecular flexibility index (Phi) is 5.53. The van der Waals surface area contributed by atoms with Gasteiger partial charge in [0.05, 0.1) is 6.54 Å². The van der Waals surface area contributed by atoms with Crippen LogP contribution in [0.4, 0.5) is 0 Å². The largest absolute Gasteiger partial charge is 0.341 e. The third-order valence-electron chi connectivity index (χ3n) is 5.65. The number of hydrogen-bond donors (Lipinski definition) is 0. The van der Waals surface area contributed by atoms with Crippen LogP contribution < -0.4 is 0 Å². The van der Waals surface area contributed by atoms with Crippen LogP contribution in [-0.4, -0.2) is 56.9 Å². The second-order valence-electron chi connectivity index (χ2n) is 8.09. The van der Waals surface area contributed by atoms with E-state index in [4.69, 9.17) is 0 Å². The zero-order valence-electron chi connectivity index (χ0n) is 16.1. The number of nitrogens with zero attached hydrogens (tertiary/aromatic N) is 5. The van der Waals surface area contributed by atoms with Crippen LogP contribution >= 0.6 is 0 Å². The van der Waals surface area contributed by atoms with Crippen molar-refractivity contribution >= 4 is 5.91 Å². The van der Waals surface area contributed by atoms with Gasteiger partial charge < -0.3 is 9.47 Å². The van der Waals surface area contributed by atoms with E-state index in [0.29, 0.717) is 12.5 Å². The van der Waals surface area contributed by atoms with Crippen molar-refractivity contribution < 1.29 is 4.79 Å².